The maximum Gasteiger partial charge on any atom is 0.320 e. The fourth-order valence-electron chi connectivity index (χ4n) is 5.37. The third-order valence-electron chi connectivity index (χ3n) is 10.6. The highest BCUT2D eigenvalue weighted by Crippen LogP contribution is 2.03. The number of nitrogens with zero attached hydrogens (tertiary/aromatic N) is 7. The van der Waals surface area contributed by atoms with Crippen molar-refractivity contribution in [3.8, 4) is 0 Å². The summed E-state index contributed by atoms with van der Waals surface area (Å²) in [4.78, 5) is 85.2. The van der Waals surface area contributed by atoms with Gasteiger partial charge in [-0.3, -0.25) is 39.1 Å². The van der Waals surface area contributed by atoms with Gasteiger partial charge in [-0.15, -0.1) is 0 Å². The van der Waals surface area contributed by atoms with Crippen molar-refractivity contribution in [2.24, 2.45) is 106 Å². The van der Waals surface area contributed by atoms with Crippen LogP contribution in [0, 0.1) is 0 Å². The molecule has 0 aliphatic rings. The molecule has 0 fully saturated rings. The highest BCUT2D eigenvalue weighted by molar-refractivity contribution is 5.77. The molecule has 97 heavy (non-hydrogen) atoms. The Kier molecular flexibility index (Phi) is 69.6. The first-order chi connectivity index (χ1) is 44.5. The second kappa shape index (κ2) is 64.7. The van der Waals surface area contributed by atoms with Gasteiger partial charge in [0.15, 0.2) is 23.8 Å². The molecular weight excluding hydrogens is 1270 g/mol. The number of likely N-dealkylation sites (N-methyl/N-ethyl adjacent to an activating group) is 3. The van der Waals surface area contributed by atoms with E-state index < -0.39 is 72.1 Å². The predicted molar refractivity (Wildman–Crippen MR) is 371 cm³/mol. The smallest absolute Gasteiger partial charge is 0.320 e. The van der Waals surface area contributed by atoms with Crippen molar-refractivity contribution in [3.05, 3.63) is 71.8 Å². The topological polar surface area (TPSA) is 750 Å². The zero-order valence-corrected chi connectivity index (χ0v) is 58.4. The molecule has 6 atom stereocenters. The molecule has 2 rings (SSSR count). The van der Waals surface area contributed by atoms with Gasteiger partial charge >= 0.3 is 17.9 Å². The summed E-state index contributed by atoms with van der Waals surface area (Å²) in [5.74, 6) is -6.97. The third-order valence-corrected chi connectivity index (χ3v) is 10.6. The van der Waals surface area contributed by atoms with E-state index in [1.807, 2.05) is 60.7 Å². The van der Waals surface area contributed by atoms with E-state index in [-0.39, 0.29) is 49.6 Å². The van der Waals surface area contributed by atoms with Gasteiger partial charge in [0, 0.05) is 51.2 Å². The van der Waals surface area contributed by atoms with Crippen LogP contribution in [0.15, 0.2) is 80.6 Å². The average Bonchev–Trinajstić information content (AvgIpc) is 2.71. The van der Waals surface area contributed by atoms with E-state index in [2.05, 4.69) is 89.1 Å². The number of hydrogen-bond donors (Lipinski definition) is 21. The molecule has 564 valence electrons. The van der Waals surface area contributed by atoms with Gasteiger partial charge in [-0.2, -0.15) is 0 Å². The number of aliphatic imine (C=N–C) groups is 4. The van der Waals surface area contributed by atoms with Gasteiger partial charge < -0.3 is 160 Å². The fraction of sp³-hybridized carbons (Fsp3) is 0.610. The lowest BCUT2D eigenvalue weighted by Gasteiger charge is -2.21. The predicted octanol–water partition coefficient (Wildman–Crippen LogP) is -10.4. The minimum absolute atomic E-state index is 0.00276. The SMILES string of the molecule is CC(N)=O.C[N+](C)(C)CCO.C[N+](C)(C)CCO.C[N+](C)(C)CCO.NC(N)=NCCC[C@H](N)C(=O)O.NC(N)=NCCC[C@H](N)C(=O)O.NC(N)=NCCC[C@H](N)C(=O)O.NC(N)=NCCC[C@H](N)C(=O)[O-].N[C@@H](Cc1ccccc1)C(=O)[O-].N[C@@H](Cc1ccccc1)C(=O)[O-]. The Hall–Kier alpha value is -8.67. The molecule has 0 spiro atoms. The van der Waals surface area contributed by atoms with Crippen LogP contribution in [0.5, 0.6) is 0 Å². The Morgan fingerprint density at radius 3 is 0.691 bits per heavy atom. The number of carboxylic acid groups (broad SMARTS) is 6. The first-order valence-electron chi connectivity index (χ1n) is 30.1. The van der Waals surface area contributed by atoms with E-state index >= 15 is 0 Å². The maximum atomic E-state index is 10.3. The van der Waals surface area contributed by atoms with Crippen LogP contribution in [-0.2, 0) is 46.4 Å². The standard InChI is InChI=1S/2C9H11NO2.4C6H14N4O2.3C5H14NO.C2H5NO/c2*10-8(9(11)12)6-7-4-2-1-3-5-7;4*7-4(5(11)12)2-1-3-10-6(8)9;3*1-6(2,3)4-5-7;1-2(3)4/h2*1-5,8H,6,10H2,(H,11,12);4*4H,1-3,7H2,(H,11,12)(H4,8,9,10);3*7H,4-5H2,1-3H3;1H3,(H2,3,4)/q;;;;;;3*+1;/p-3/t2*8-;4*4-;;;;/m000000..../s1. The zero-order valence-electron chi connectivity index (χ0n) is 58.4. The summed E-state index contributed by atoms with van der Waals surface area (Å²) in [5.41, 5.74) is 78.1. The molecule has 2 aromatic carbocycles. The molecule has 38 heteroatoms. The van der Waals surface area contributed by atoms with Gasteiger partial charge in [-0.25, -0.2) is 0 Å². The highest BCUT2D eigenvalue weighted by atomic mass is 16.4. The van der Waals surface area contributed by atoms with Crippen molar-refractivity contribution in [1.82, 2.24) is 0 Å². The molecule has 0 aromatic heterocycles. The van der Waals surface area contributed by atoms with Gasteiger partial charge in [-0.1, -0.05) is 60.7 Å². The van der Waals surface area contributed by atoms with Crippen molar-refractivity contribution in [2.45, 2.75) is 107 Å². The van der Waals surface area contributed by atoms with Crippen LogP contribution in [0.3, 0.4) is 0 Å². The maximum absolute atomic E-state index is 10.3. The van der Waals surface area contributed by atoms with Crippen LogP contribution in [0.25, 0.3) is 0 Å². The van der Waals surface area contributed by atoms with Crippen molar-refractivity contribution < 1.29 is 93.0 Å². The Balaban J connectivity index is -0.000000153. The van der Waals surface area contributed by atoms with Crippen LogP contribution in [-0.4, -0.2) is 275 Å². The number of benzene rings is 2. The minimum atomic E-state index is -1.25. The number of quaternary nitrogens is 3. The van der Waals surface area contributed by atoms with E-state index in [1.54, 1.807) is 0 Å². The first kappa shape index (κ1) is 104. The molecule has 0 saturated heterocycles. The zero-order chi connectivity index (χ0) is 77.5. The van der Waals surface area contributed by atoms with Crippen LogP contribution in [0.1, 0.15) is 69.4 Å². The number of carboxylic acids is 6. The van der Waals surface area contributed by atoms with Gasteiger partial charge in [-0.05, 0) is 75.3 Å². The number of carbonyl (C=O) groups excluding carboxylic acids is 4. The Morgan fingerprint density at radius 2 is 0.557 bits per heavy atom. The van der Waals surface area contributed by atoms with E-state index in [4.69, 9.17) is 111 Å². The number of primary amides is 1. The normalized spacial score (nSPS) is 11.9. The molecule has 0 aliphatic heterocycles. The molecule has 0 heterocycles. The molecule has 2 aromatic rings. The molecule has 0 unspecified atom stereocenters. The summed E-state index contributed by atoms with van der Waals surface area (Å²) >= 11 is 0. The monoisotopic (exact) mass is 1390 g/mol. The van der Waals surface area contributed by atoms with Crippen LogP contribution in [0.4, 0.5) is 0 Å². The molecule has 0 bridgehead atoms. The molecule has 0 radical (unpaired) electrons. The number of hydrogen-bond acceptors (Lipinski definition) is 23. The van der Waals surface area contributed by atoms with Crippen molar-refractivity contribution in [1.29, 1.82) is 0 Å². The largest absolute Gasteiger partial charge is 0.548 e. The van der Waals surface area contributed by atoms with Crippen molar-refractivity contribution >= 4 is 65.6 Å². The molecular formula is C59H122N22O16. The van der Waals surface area contributed by atoms with Crippen LogP contribution < -0.4 is 101 Å². The number of aliphatic carboxylic acids is 6. The number of aliphatic hydroxyl groups is 3. The van der Waals surface area contributed by atoms with E-state index in [1.165, 1.54) is 6.92 Å². The summed E-state index contributed by atoms with van der Waals surface area (Å²) in [6.45, 7) is 6.30. The molecule has 36 N–H and O–H groups in total. The molecule has 0 saturated carbocycles. The molecule has 1 amide bonds. The first-order valence-corrected chi connectivity index (χ1v) is 30.1. The molecule has 38 nitrogen and oxygen atoms in total. The number of guanidine groups is 4. The van der Waals surface area contributed by atoms with Crippen molar-refractivity contribution in [2.75, 3.05) is 129 Å². The average molecular weight is 1400 g/mol. The quantitative estimate of drug-likeness (QED) is 0.0140. The Labute approximate surface area is 571 Å². The summed E-state index contributed by atoms with van der Waals surface area (Å²) < 4.78 is 2.53. The second-order valence-corrected chi connectivity index (χ2v) is 23.6. The van der Waals surface area contributed by atoms with Gasteiger partial charge in [0.25, 0.3) is 0 Å². The van der Waals surface area contributed by atoms with Gasteiger partial charge in [0.05, 0.1) is 101 Å². The second-order valence-electron chi connectivity index (χ2n) is 23.6. The lowest BCUT2D eigenvalue weighted by Crippen LogP contribution is -2.43. The summed E-state index contributed by atoms with van der Waals surface area (Å²) in [6.07, 6.45) is 4.37. The fourth-order valence-corrected chi connectivity index (χ4v) is 5.37. The number of amides is 1. The van der Waals surface area contributed by atoms with Crippen molar-refractivity contribution in [3.63, 3.8) is 0 Å². The van der Waals surface area contributed by atoms with Gasteiger partial charge in [0.1, 0.15) is 37.8 Å². The highest BCUT2D eigenvalue weighted by Gasteiger charge is 2.12. The number of aliphatic hydroxyl groups excluding tert-OH is 3. The lowest BCUT2D eigenvalue weighted by atomic mass is 10.1. The summed E-state index contributed by atoms with van der Waals surface area (Å²) in [6, 6.07) is 13.2. The third kappa shape index (κ3) is 101. The molecule has 0 aliphatic carbocycles. The number of nitrogens with two attached hydrogens (primary N) is 15. The number of carbonyl (C=O) groups is 7. The minimum Gasteiger partial charge on any atom is -0.548 e. The number of rotatable bonds is 32. The van der Waals surface area contributed by atoms with E-state index in [9.17, 15) is 48.9 Å². The summed E-state index contributed by atoms with van der Waals surface area (Å²) in [7, 11) is 18.5. The van der Waals surface area contributed by atoms with Gasteiger partial charge in [0.2, 0.25) is 5.91 Å². The Morgan fingerprint density at radius 1 is 0.371 bits per heavy atom. The lowest BCUT2D eigenvalue weighted by molar-refractivity contribution is -0.870. The van der Waals surface area contributed by atoms with Crippen LogP contribution in [0.2, 0.25) is 0 Å². The van der Waals surface area contributed by atoms with E-state index in [0.29, 0.717) is 90.4 Å². The van der Waals surface area contributed by atoms with E-state index in [0.717, 1.165) is 44.2 Å². The summed E-state index contributed by atoms with van der Waals surface area (Å²) in [5, 5.41) is 80.9. The van der Waals surface area contributed by atoms with Crippen LogP contribution >= 0.6 is 0 Å². The Bertz CT molecular complexity index is 2190.